The van der Waals surface area contributed by atoms with Gasteiger partial charge in [0.15, 0.2) is 0 Å². The number of aliphatic hydroxyl groups is 1. The van der Waals surface area contributed by atoms with Crippen LogP contribution in [0.5, 0.6) is 0 Å². The summed E-state index contributed by atoms with van der Waals surface area (Å²) in [7, 11) is 14.8. The van der Waals surface area contributed by atoms with Crippen LogP contribution in [0.15, 0.2) is 0 Å². The van der Waals surface area contributed by atoms with E-state index in [1.165, 1.54) is 0 Å². The fourth-order valence-corrected chi connectivity index (χ4v) is 0. The Morgan fingerprint density at radius 2 is 1.44 bits per heavy atom. The maximum atomic E-state index is 8.14. The topological polar surface area (TPSA) is 20.2 Å². The molecule has 0 aromatic carbocycles. The van der Waals surface area contributed by atoms with Crippen LogP contribution in [0.2, 0.25) is 0 Å². The number of hydrogen-bond acceptors (Lipinski definition) is 1. The van der Waals surface area contributed by atoms with Crippen LogP contribution in [-0.4, -0.2) is 11.7 Å². The van der Waals surface area contributed by atoms with Gasteiger partial charge in [0.2, 0.25) is 0 Å². The molecule has 0 fully saturated rings. The van der Waals surface area contributed by atoms with Crippen molar-refractivity contribution in [2.75, 3.05) is 6.61 Å². The van der Waals surface area contributed by atoms with Crippen molar-refractivity contribution in [3.05, 3.63) is 0 Å². The van der Waals surface area contributed by atoms with Crippen molar-refractivity contribution in [2.45, 2.75) is 13.8 Å². The summed E-state index contributed by atoms with van der Waals surface area (Å²) < 4.78 is 0. The van der Waals surface area contributed by atoms with E-state index in [0.29, 0.717) is 12.5 Å². The van der Waals surface area contributed by atoms with Crippen LogP contribution in [0.1, 0.15) is 13.8 Å². The molecular weight excluding hydrogens is 271 g/mol. The van der Waals surface area contributed by atoms with Gasteiger partial charge in [-0.1, -0.05) is 13.8 Å². The molecule has 0 unspecified atom stereocenters. The van der Waals surface area contributed by atoms with Gasteiger partial charge in [-0.15, -0.1) is 0 Å². The molecule has 0 spiro atoms. The van der Waals surface area contributed by atoms with E-state index in [-0.39, 0.29) is 0 Å². The molecular formula is C4H10Cl3ORu. The molecule has 0 saturated heterocycles. The number of aliphatic hydroxyl groups excluding tert-OH is 1. The van der Waals surface area contributed by atoms with Gasteiger partial charge in [0.1, 0.15) is 0 Å². The summed E-state index contributed by atoms with van der Waals surface area (Å²) in [5.41, 5.74) is 0. The normalized spacial score (nSPS) is 10.3. The zero-order chi connectivity index (χ0) is 7.86. The Morgan fingerprint density at radius 1 is 1.33 bits per heavy atom. The predicted molar refractivity (Wildman–Crippen MR) is 39.5 cm³/mol. The average Bonchev–Trinajstić information content (AvgIpc) is 1.65. The second-order valence-electron chi connectivity index (χ2n) is 1.73. The van der Waals surface area contributed by atoms with Gasteiger partial charge < -0.3 is 5.11 Å². The van der Waals surface area contributed by atoms with E-state index in [0.717, 1.165) is 0 Å². The summed E-state index contributed by atoms with van der Waals surface area (Å²) in [6.45, 7) is 4.25. The molecule has 0 aliphatic heterocycles. The molecule has 0 amide bonds. The first-order valence-corrected chi connectivity index (χ1v) is 8.99. The minimum absolute atomic E-state index is 0.306. The summed E-state index contributed by atoms with van der Waals surface area (Å²) in [5, 5.41) is 8.14. The number of rotatable bonds is 1. The SMILES string of the molecule is CC(C)CO.[Cl][Ru]([Cl])[Cl]. The summed E-state index contributed by atoms with van der Waals surface area (Å²) in [5.74, 6) is 0.440. The molecule has 0 aromatic heterocycles. The molecule has 0 aliphatic carbocycles. The quantitative estimate of drug-likeness (QED) is 0.733. The van der Waals surface area contributed by atoms with Crippen LogP contribution in [0.3, 0.4) is 0 Å². The first-order valence-electron chi connectivity index (χ1n) is 2.28. The zero-order valence-electron chi connectivity index (χ0n) is 5.22. The molecule has 0 radical (unpaired) electrons. The minimum atomic E-state index is -1.75. The first-order chi connectivity index (χ1) is 4.00. The van der Waals surface area contributed by atoms with Crippen molar-refractivity contribution < 1.29 is 18.1 Å². The van der Waals surface area contributed by atoms with E-state index in [1.54, 1.807) is 0 Å². The maximum absolute atomic E-state index is 8.14. The van der Waals surface area contributed by atoms with Crippen molar-refractivity contribution in [1.29, 1.82) is 0 Å². The van der Waals surface area contributed by atoms with Crippen molar-refractivity contribution in [2.24, 2.45) is 5.92 Å². The van der Waals surface area contributed by atoms with Gasteiger partial charge >= 0.3 is 42.1 Å². The van der Waals surface area contributed by atoms with E-state index in [1.807, 2.05) is 13.8 Å². The van der Waals surface area contributed by atoms with Gasteiger partial charge in [-0.05, 0) is 5.92 Å². The van der Waals surface area contributed by atoms with Crippen LogP contribution in [-0.2, 0) is 13.0 Å². The van der Waals surface area contributed by atoms with Crippen molar-refractivity contribution in [3.63, 3.8) is 0 Å². The summed E-state index contributed by atoms with van der Waals surface area (Å²) >= 11 is -1.75. The molecule has 61 valence electrons. The van der Waals surface area contributed by atoms with Gasteiger partial charge in [-0.2, -0.15) is 0 Å². The van der Waals surface area contributed by atoms with Crippen molar-refractivity contribution >= 4 is 29.1 Å². The van der Waals surface area contributed by atoms with Crippen LogP contribution in [0.4, 0.5) is 0 Å². The Hall–Kier alpha value is 1.45. The molecule has 0 atom stereocenters. The second-order valence-corrected chi connectivity index (χ2v) is 9.64. The molecule has 9 heavy (non-hydrogen) atoms. The Bertz CT molecular complexity index is 48.3. The van der Waals surface area contributed by atoms with Crippen LogP contribution >= 0.6 is 29.1 Å². The second kappa shape index (κ2) is 9.45. The van der Waals surface area contributed by atoms with Gasteiger partial charge in [0, 0.05) is 6.61 Å². The molecule has 1 nitrogen and oxygen atoms in total. The van der Waals surface area contributed by atoms with E-state index < -0.39 is 13.0 Å². The van der Waals surface area contributed by atoms with Crippen molar-refractivity contribution in [3.8, 4) is 0 Å². The number of halogens is 3. The van der Waals surface area contributed by atoms with E-state index in [9.17, 15) is 0 Å². The Labute approximate surface area is 73.3 Å². The van der Waals surface area contributed by atoms with E-state index in [2.05, 4.69) is 0 Å². The van der Waals surface area contributed by atoms with Gasteiger partial charge in [0.05, 0.1) is 0 Å². The molecule has 0 bridgehead atoms. The van der Waals surface area contributed by atoms with Crippen molar-refractivity contribution in [1.82, 2.24) is 0 Å². The molecule has 0 rings (SSSR count). The average molecular weight is 282 g/mol. The third kappa shape index (κ3) is 44.0. The Morgan fingerprint density at radius 3 is 1.44 bits per heavy atom. The Balaban J connectivity index is 0. The molecule has 0 aliphatic rings. The van der Waals surface area contributed by atoms with E-state index >= 15 is 0 Å². The predicted octanol–water partition coefficient (Wildman–Crippen LogP) is 2.70. The summed E-state index contributed by atoms with van der Waals surface area (Å²) in [4.78, 5) is 0. The van der Waals surface area contributed by atoms with E-state index in [4.69, 9.17) is 34.2 Å². The third-order valence-electron chi connectivity index (χ3n) is 0.365. The molecule has 0 heterocycles. The van der Waals surface area contributed by atoms with Crippen LogP contribution < -0.4 is 0 Å². The molecule has 0 saturated carbocycles. The third-order valence-corrected chi connectivity index (χ3v) is 0.365. The summed E-state index contributed by atoms with van der Waals surface area (Å²) in [6, 6.07) is 0. The molecule has 0 aromatic rings. The monoisotopic (exact) mass is 281 g/mol. The fourth-order valence-electron chi connectivity index (χ4n) is 0. The fraction of sp³-hybridized carbons (Fsp3) is 1.00. The Kier molecular flexibility index (Phi) is 13.7. The molecule has 5 heteroatoms. The zero-order valence-corrected chi connectivity index (χ0v) is 9.23. The van der Waals surface area contributed by atoms with Gasteiger partial charge in [0.25, 0.3) is 0 Å². The summed E-state index contributed by atoms with van der Waals surface area (Å²) in [6.07, 6.45) is 0. The van der Waals surface area contributed by atoms with Gasteiger partial charge in [-0.25, -0.2) is 0 Å². The standard InChI is InChI=1S/C4H10O.3ClH.Ru/c1-4(2)3-5;;;;/h4-5H,3H2,1-2H3;3*1H;/q;;;;+3/p-3. The van der Waals surface area contributed by atoms with Crippen LogP contribution in [0, 0.1) is 5.92 Å². The molecule has 1 N–H and O–H groups in total. The first kappa shape index (κ1) is 13.1. The number of hydrogen-bond donors (Lipinski definition) is 1. The van der Waals surface area contributed by atoms with Crippen LogP contribution in [0.25, 0.3) is 0 Å². The van der Waals surface area contributed by atoms with Gasteiger partial charge in [-0.3, -0.25) is 0 Å².